The lowest BCUT2D eigenvalue weighted by molar-refractivity contribution is -0.132. The number of carbonyl (C=O) groups is 3. The van der Waals surface area contributed by atoms with Crippen LogP contribution in [0.15, 0.2) is 22.8 Å². The Hall–Kier alpha value is -2.35. The molecule has 2 N–H and O–H groups in total. The zero-order valence-electron chi connectivity index (χ0n) is 16.0. The van der Waals surface area contributed by atoms with Gasteiger partial charge in [-0.1, -0.05) is 19.3 Å². The van der Waals surface area contributed by atoms with Crippen LogP contribution in [-0.4, -0.2) is 60.4 Å². The topological polar surface area (TPSA) is 94.9 Å². The molecule has 3 rings (SSSR count). The number of nitrogens with one attached hydrogen (secondary N) is 2. The van der Waals surface area contributed by atoms with Gasteiger partial charge >= 0.3 is 6.03 Å². The first-order valence-electron chi connectivity index (χ1n) is 9.53. The fraction of sp³-hybridized carbons (Fsp3) is 0.632. The van der Waals surface area contributed by atoms with Gasteiger partial charge in [-0.25, -0.2) is 4.79 Å². The second-order valence-corrected chi connectivity index (χ2v) is 7.58. The molecule has 148 valence electrons. The first kappa shape index (κ1) is 19.4. The van der Waals surface area contributed by atoms with E-state index in [0.717, 1.165) is 25.0 Å². The Kier molecular flexibility index (Phi) is 5.84. The molecule has 1 atom stereocenters. The Balaban J connectivity index is 1.50. The van der Waals surface area contributed by atoms with Gasteiger partial charge in [-0.2, -0.15) is 0 Å². The Morgan fingerprint density at radius 3 is 2.70 bits per heavy atom. The normalized spacial score (nSPS) is 20.2. The highest BCUT2D eigenvalue weighted by Crippen LogP contribution is 2.33. The number of hydrogen-bond acceptors (Lipinski definition) is 5. The number of nitrogens with zero attached hydrogens (tertiary/aromatic N) is 2. The first-order valence-corrected chi connectivity index (χ1v) is 9.53. The maximum Gasteiger partial charge on any atom is 0.325 e. The minimum Gasteiger partial charge on any atom is -0.468 e. The highest BCUT2D eigenvalue weighted by molar-refractivity contribution is 6.07. The van der Waals surface area contributed by atoms with E-state index in [4.69, 9.17) is 4.42 Å². The number of urea groups is 1. The number of hydrogen-bond donors (Lipinski definition) is 2. The van der Waals surface area contributed by atoms with Gasteiger partial charge in [0.25, 0.3) is 5.91 Å². The van der Waals surface area contributed by atoms with Crippen molar-refractivity contribution in [3.8, 4) is 0 Å². The summed E-state index contributed by atoms with van der Waals surface area (Å²) < 4.78 is 5.42. The van der Waals surface area contributed by atoms with Gasteiger partial charge < -0.3 is 15.1 Å². The Morgan fingerprint density at radius 2 is 2.07 bits per heavy atom. The van der Waals surface area contributed by atoms with Gasteiger partial charge in [0.15, 0.2) is 0 Å². The predicted octanol–water partition coefficient (Wildman–Crippen LogP) is 1.64. The molecule has 27 heavy (non-hydrogen) atoms. The van der Waals surface area contributed by atoms with Crippen molar-refractivity contribution >= 4 is 17.8 Å². The van der Waals surface area contributed by atoms with Crippen LogP contribution in [0.2, 0.25) is 0 Å². The molecule has 8 heteroatoms. The van der Waals surface area contributed by atoms with Gasteiger partial charge in [0.2, 0.25) is 5.91 Å². The zero-order valence-corrected chi connectivity index (χ0v) is 16.0. The van der Waals surface area contributed by atoms with Crippen LogP contribution < -0.4 is 10.6 Å². The molecule has 1 aliphatic carbocycles. The van der Waals surface area contributed by atoms with E-state index in [0.29, 0.717) is 19.4 Å². The van der Waals surface area contributed by atoms with Gasteiger partial charge in [0.05, 0.1) is 12.3 Å². The van der Waals surface area contributed by atoms with Crippen LogP contribution in [0.25, 0.3) is 0 Å². The van der Waals surface area contributed by atoms with Gasteiger partial charge in [0, 0.05) is 19.5 Å². The summed E-state index contributed by atoms with van der Waals surface area (Å²) in [5.74, 6) is 0.397. The van der Waals surface area contributed by atoms with Crippen LogP contribution in [0.5, 0.6) is 0 Å². The maximum atomic E-state index is 12.7. The fourth-order valence-corrected chi connectivity index (χ4v) is 3.90. The Labute approximate surface area is 159 Å². The highest BCUT2D eigenvalue weighted by atomic mass is 16.3. The summed E-state index contributed by atoms with van der Waals surface area (Å²) in [6.45, 7) is 0.495. The van der Waals surface area contributed by atoms with Crippen molar-refractivity contribution in [1.82, 2.24) is 20.4 Å². The van der Waals surface area contributed by atoms with Crippen LogP contribution in [0.4, 0.5) is 4.79 Å². The smallest absolute Gasteiger partial charge is 0.325 e. The molecule has 1 aromatic heterocycles. The second-order valence-electron chi connectivity index (χ2n) is 7.58. The standard InChI is InChI=1S/C19H28N4O4/c1-22(2)14(15-7-6-12-27-15)13-20-16(24)8-11-23-17(25)19(21-18(23)26)9-4-3-5-10-19/h6-7,12,14H,3-5,8-11,13H2,1-2H3,(H,20,24)(H,21,26). The van der Waals surface area contributed by atoms with E-state index in [1.165, 1.54) is 4.90 Å². The van der Waals surface area contributed by atoms with Gasteiger partial charge in [0.1, 0.15) is 11.3 Å². The molecule has 1 saturated carbocycles. The molecule has 1 spiro atoms. The van der Waals surface area contributed by atoms with E-state index < -0.39 is 5.54 Å². The average molecular weight is 376 g/mol. The molecule has 2 fully saturated rings. The third kappa shape index (κ3) is 4.16. The lowest BCUT2D eigenvalue weighted by Crippen LogP contribution is -2.48. The van der Waals surface area contributed by atoms with Crippen molar-refractivity contribution < 1.29 is 18.8 Å². The summed E-state index contributed by atoms with van der Waals surface area (Å²) in [4.78, 5) is 40.3. The minimum atomic E-state index is -0.735. The monoisotopic (exact) mass is 376 g/mol. The number of carbonyl (C=O) groups excluding carboxylic acids is 3. The van der Waals surface area contributed by atoms with Crippen molar-refractivity contribution in [2.45, 2.75) is 50.1 Å². The van der Waals surface area contributed by atoms with Gasteiger partial charge in [-0.3, -0.25) is 19.4 Å². The van der Waals surface area contributed by atoms with E-state index in [1.807, 2.05) is 31.1 Å². The van der Waals surface area contributed by atoms with Crippen LogP contribution in [0.1, 0.15) is 50.3 Å². The number of furan rings is 1. The molecule has 4 amide bonds. The van der Waals surface area contributed by atoms with Gasteiger partial charge in [-0.15, -0.1) is 0 Å². The van der Waals surface area contributed by atoms with Crippen LogP contribution >= 0.6 is 0 Å². The Morgan fingerprint density at radius 1 is 1.33 bits per heavy atom. The fourth-order valence-electron chi connectivity index (χ4n) is 3.90. The van der Waals surface area contributed by atoms with Crippen molar-refractivity contribution in [1.29, 1.82) is 0 Å². The van der Waals surface area contributed by atoms with Crippen LogP contribution in [-0.2, 0) is 9.59 Å². The molecule has 2 aliphatic rings. The maximum absolute atomic E-state index is 12.7. The Bertz CT molecular complexity index is 680. The summed E-state index contributed by atoms with van der Waals surface area (Å²) >= 11 is 0. The van der Waals surface area contributed by atoms with Gasteiger partial charge in [-0.05, 0) is 39.1 Å². The summed E-state index contributed by atoms with van der Waals surface area (Å²) in [6, 6.07) is 3.22. The van der Waals surface area contributed by atoms with E-state index >= 15 is 0 Å². The molecular formula is C19H28N4O4. The molecule has 0 bridgehead atoms. The third-order valence-electron chi connectivity index (χ3n) is 5.50. The van der Waals surface area contributed by atoms with Crippen molar-refractivity contribution in [2.24, 2.45) is 0 Å². The molecule has 0 aromatic carbocycles. The second kappa shape index (κ2) is 8.12. The highest BCUT2D eigenvalue weighted by Gasteiger charge is 2.51. The predicted molar refractivity (Wildman–Crippen MR) is 98.8 cm³/mol. The summed E-state index contributed by atoms with van der Waals surface area (Å²) in [5, 5.41) is 5.73. The first-order chi connectivity index (χ1) is 12.9. The summed E-state index contributed by atoms with van der Waals surface area (Å²) in [5.41, 5.74) is -0.735. The molecule has 8 nitrogen and oxygen atoms in total. The largest absolute Gasteiger partial charge is 0.468 e. The molecule has 1 saturated heterocycles. The molecular weight excluding hydrogens is 348 g/mol. The number of imide groups is 1. The quantitative estimate of drug-likeness (QED) is 0.706. The average Bonchev–Trinajstić information content (AvgIpc) is 3.23. The van der Waals surface area contributed by atoms with Crippen LogP contribution in [0.3, 0.4) is 0 Å². The SMILES string of the molecule is CN(C)C(CNC(=O)CCN1C(=O)NC2(CCCCC2)C1=O)c1ccco1. The lowest BCUT2D eigenvalue weighted by Gasteiger charge is -2.30. The lowest BCUT2D eigenvalue weighted by atomic mass is 9.82. The van der Waals surface area contributed by atoms with E-state index in [-0.39, 0.29) is 36.9 Å². The van der Waals surface area contributed by atoms with Crippen LogP contribution in [0, 0.1) is 0 Å². The third-order valence-corrected chi connectivity index (χ3v) is 5.50. The van der Waals surface area contributed by atoms with E-state index in [9.17, 15) is 14.4 Å². The molecule has 0 radical (unpaired) electrons. The summed E-state index contributed by atoms with van der Waals surface area (Å²) in [7, 11) is 3.83. The van der Waals surface area contributed by atoms with E-state index in [2.05, 4.69) is 10.6 Å². The zero-order chi connectivity index (χ0) is 19.4. The van der Waals surface area contributed by atoms with E-state index in [1.54, 1.807) is 6.26 Å². The minimum absolute atomic E-state index is 0.0776. The number of amides is 4. The summed E-state index contributed by atoms with van der Waals surface area (Å²) in [6.07, 6.45) is 6.05. The molecule has 1 aliphatic heterocycles. The molecule has 1 aromatic rings. The molecule has 2 heterocycles. The van der Waals surface area contributed by atoms with Crippen molar-refractivity contribution in [2.75, 3.05) is 27.2 Å². The van der Waals surface area contributed by atoms with Crippen molar-refractivity contribution in [3.63, 3.8) is 0 Å². The molecule has 1 unspecified atom stereocenters. The van der Waals surface area contributed by atoms with Crippen molar-refractivity contribution in [3.05, 3.63) is 24.2 Å². The number of likely N-dealkylation sites (N-methyl/N-ethyl adjacent to an activating group) is 1. The number of rotatable bonds is 7.